The molecule has 0 saturated carbocycles. The van der Waals surface area contributed by atoms with Crippen molar-refractivity contribution < 1.29 is 4.74 Å². The number of hydrogen-bond donors (Lipinski definition) is 0. The summed E-state index contributed by atoms with van der Waals surface area (Å²) < 4.78 is 5.04. The SMILES string of the molecule is COc1nccc(CN2CCC(C(C)C)C2)n1. The highest BCUT2D eigenvalue weighted by atomic mass is 16.5. The quantitative estimate of drug-likeness (QED) is 0.799. The van der Waals surface area contributed by atoms with Crippen LogP contribution in [0, 0.1) is 11.8 Å². The third-order valence-electron chi connectivity index (χ3n) is 3.51. The van der Waals surface area contributed by atoms with Gasteiger partial charge in [0.2, 0.25) is 0 Å². The van der Waals surface area contributed by atoms with Crippen LogP contribution < -0.4 is 4.74 Å². The van der Waals surface area contributed by atoms with Crippen molar-refractivity contribution in [2.75, 3.05) is 20.2 Å². The average molecular weight is 235 g/mol. The third-order valence-corrected chi connectivity index (χ3v) is 3.51. The van der Waals surface area contributed by atoms with Crippen molar-refractivity contribution in [3.05, 3.63) is 18.0 Å². The number of hydrogen-bond acceptors (Lipinski definition) is 4. The smallest absolute Gasteiger partial charge is 0.316 e. The first-order valence-electron chi connectivity index (χ1n) is 6.27. The number of ether oxygens (including phenoxy) is 1. The van der Waals surface area contributed by atoms with E-state index in [1.807, 2.05) is 6.07 Å². The van der Waals surface area contributed by atoms with E-state index < -0.39 is 0 Å². The van der Waals surface area contributed by atoms with Gasteiger partial charge >= 0.3 is 6.01 Å². The molecule has 2 rings (SSSR count). The zero-order chi connectivity index (χ0) is 12.3. The summed E-state index contributed by atoms with van der Waals surface area (Å²) in [5, 5.41) is 0. The first-order chi connectivity index (χ1) is 8.19. The van der Waals surface area contributed by atoms with Gasteiger partial charge in [-0.25, -0.2) is 4.98 Å². The van der Waals surface area contributed by atoms with Gasteiger partial charge in [0.15, 0.2) is 0 Å². The van der Waals surface area contributed by atoms with Crippen LogP contribution in [-0.4, -0.2) is 35.1 Å². The summed E-state index contributed by atoms with van der Waals surface area (Å²) in [6, 6.07) is 2.42. The van der Waals surface area contributed by atoms with Crippen LogP contribution in [0.3, 0.4) is 0 Å². The molecule has 0 N–H and O–H groups in total. The maximum Gasteiger partial charge on any atom is 0.316 e. The molecule has 1 aliphatic rings. The Hall–Kier alpha value is -1.16. The molecule has 1 unspecified atom stereocenters. The Morgan fingerprint density at radius 3 is 3.00 bits per heavy atom. The summed E-state index contributed by atoms with van der Waals surface area (Å²) in [4.78, 5) is 10.8. The molecule has 0 aromatic carbocycles. The lowest BCUT2D eigenvalue weighted by molar-refractivity contribution is 0.291. The minimum atomic E-state index is 0.460. The molecule has 94 valence electrons. The van der Waals surface area contributed by atoms with Crippen LogP contribution in [0.5, 0.6) is 6.01 Å². The van der Waals surface area contributed by atoms with Gasteiger partial charge in [0.05, 0.1) is 12.8 Å². The molecule has 17 heavy (non-hydrogen) atoms. The van der Waals surface area contributed by atoms with Crippen LogP contribution in [0.1, 0.15) is 26.0 Å². The predicted octanol–water partition coefficient (Wildman–Crippen LogP) is 1.96. The van der Waals surface area contributed by atoms with Crippen molar-refractivity contribution in [1.82, 2.24) is 14.9 Å². The molecule has 1 aromatic rings. The Kier molecular flexibility index (Phi) is 3.94. The van der Waals surface area contributed by atoms with Crippen molar-refractivity contribution in [2.45, 2.75) is 26.8 Å². The van der Waals surface area contributed by atoms with Crippen LogP contribution in [0.4, 0.5) is 0 Å². The molecule has 1 atom stereocenters. The zero-order valence-corrected chi connectivity index (χ0v) is 10.9. The molecule has 0 bridgehead atoms. The Labute approximate surface area is 103 Å². The highest BCUT2D eigenvalue weighted by Gasteiger charge is 2.24. The molecular formula is C13H21N3O. The second-order valence-electron chi connectivity index (χ2n) is 5.06. The molecule has 1 aromatic heterocycles. The highest BCUT2D eigenvalue weighted by Crippen LogP contribution is 2.24. The van der Waals surface area contributed by atoms with Crippen molar-refractivity contribution in [2.24, 2.45) is 11.8 Å². The molecule has 2 heterocycles. The van der Waals surface area contributed by atoms with Gasteiger partial charge in [-0.2, -0.15) is 4.98 Å². The summed E-state index contributed by atoms with van der Waals surface area (Å²) in [5.74, 6) is 1.61. The Balaban J connectivity index is 1.93. The highest BCUT2D eigenvalue weighted by molar-refractivity contribution is 5.05. The van der Waals surface area contributed by atoms with Crippen molar-refractivity contribution in [3.8, 4) is 6.01 Å². The van der Waals surface area contributed by atoms with Crippen LogP contribution in [0.15, 0.2) is 12.3 Å². The molecule has 0 radical (unpaired) electrons. The Bertz CT molecular complexity index is 367. The van der Waals surface area contributed by atoms with Crippen LogP contribution >= 0.6 is 0 Å². The van der Waals surface area contributed by atoms with Crippen LogP contribution in [0.2, 0.25) is 0 Å². The molecule has 4 nitrogen and oxygen atoms in total. The number of rotatable bonds is 4. The summed E-state index contributed by atoms with van der Waals surface area (Å²) in [5.41, 5.74) is 1.04. The Morgan fingerprint density at radius 2 is 2.35 bits per heavy atom. The number of likely N-dealkylation sites (tertiary alicyclic amines) is 1. The normalized spacial score (nSPS) is 21.1. The van der Waals surface area contributed by atoms with Gasteiger partial charge in [0, 0.05) is 19.3 Å². The molecule has 0 amide bonds. The molecule has 1 aliphatic heterocycles. The fourth-order valence-electron chi connectivity index (χ4n) is 2.34. The number of aromatic nitrogens is 2. The molecular weight excluding hydrogens is 214 g/mol. The lowest BCUT2D eigenvalue weighted by Crippen LogP contribution is -2.22. The summed E-state index contributed by atoms with van der Waals surface area (Å²) in [6.07, 6.45) is 3.07. The van der Waals surface area contributed by atoms with E-state index in [9.17, 15) is 0 Å². The van der Waals surface area contributed by atoms with Crippen LogP contribution in [-0.2, 0) is 6.54 Å². The molecule has 4 heteroatoms. The maximum atomic E-state index is 5.04. The van der Waals surface area contributed by atoms with Crippen molar-refractivity contribution >= 4 is 0 Å². The standard InChI is InChI=1S/C13H21N3O/c1-10(2)11-5-7-16(8-11)9-12-4-6-14-13(15-12)17-3/h4,6,10-11H,5,7-9H2,1-3H3. The first-order valence-corrected chi connectivity index (χ1v) is 6.27. The van der Waals surface area contributed by atoms with Crippen molar-refractivity contribution in [1.29, 1.82) is 0 Å². The van der Waals surface area contributed by atoms with Gasteiger partial charge in [0.25, 0.3) is 0 Å². The number of methoxy groups -OCH3 is 1. The molecule has 1 fully saturated rings. The van der Waals surface area contributed by atoms with E-state index in [1.54, 1.807) is 13.3 Å². The largest absolute Gasteiger partial charge is 0.467 e. The lowest BCUT2D eigenvalue weighted by Gasteiger charge is -2.17. The summed E-state index contributed by atoms with van der Waals surface area (Å²) in [7, 11) is 1.60. The van der Waals surface area contributed by atoms with Gasteiger partial charge in [-0.05, 0) is 30.9 Å². The second kappa shape index (κ2) is 5.45. The van der Waals surface area contributed by atoms with E-state index in [-0.39, 0.29) is 0 Å². The van der Waals surface area contributed by atoms with Gasteiger partial charge in [-0.1, -0.05) is 13.8 Å². The van der Waals surface area contributed by atoms with E-state index >= 15 is 0 Å². The second-order valence-corrected chi connectivity index (χ2v) is 5.06. The van der Waals surface area contributed by atoms with E-state index in [2.05, 4.69) is 28.7 Å². The van der Waals surface area contributed by atoms with Crippen molar-refractivity contribution in [3.63, 3.8) is 0 Å². The van der Waals surface area contributed by atoms with Gasteiger partial charge < -0.3 is 4.74 Å². The van der Waals surface area contributed by atoms with E-state index in [0.717, 1.165) is 24.1 Å². The third kappa shape index (κ3) is 3.16. The van der Waals surface area contributed by atoms with Gasteiger partial charge in [-0.15, -0.1) is 0 Å². The average Bonchev–Trinajstić information content (AvgIpc) is 2.78. The fourth-order valence-corrected chi connectivity index (χ4v) is 2.34. The molecule has 0 aliphatic carbocycles. The van der Waals surface area contributed by atoms with Gasteiger partial charge in [-0.3, -0.25) is 4.90 Å². The minimum absolute atomic E-state index is 0.460. The summed E-state index contributed by atoms with van der Waals surface area (Å²) in [6.45, 7) is 7.88. The van der Waals surface area contributed by atoms with E-state index in [0.29, 0.717) is 6.01 Å². The topological polar surface area (TPSA) is 38.2 Å². The lowest BCUT2D eigenvalue weighted by atomic mass is 9.95. The predicted molar refractivity (Wildman–Crippen MR) is 66.8 cm³/mol. The van der Waals surface area contributed by atoms with E-state index in [1.165, 1.54) is 19.5 Å². The molecule has 0 spiro atoms. The fraction of sp³-hybridized carbons (Fsp3) is 0.692. The zero-order valence-electron chi connectivity index (χ0n) is 10.9. The number of nitrogens with zero attached hydrogens (tertiary/aromatic N) is 3. The minimum Gasteiger partial charge on any atom is -0.467 e. The maximum absolute atomic E-state index is 5.04. The molecule has 1 saturated heterocycles. The summed E-state index contributed by atoms with van der Waals surface area (Å²) >= 11 is 0. The monoisotopic (exact) mass is 235 g/mol. The van der Waals surface area contributed by atoms with Gasteiger partial charge in [0.1, 0.15) is 0 Å². The Morgan fingerprint density at radius 1 is 1.53 bits per heavy atom. The first kappa shape index (κ1) is 12.3. The van der Waals surface area contributed by atoms with Crippen LogP contribution in [0.25, 0.3) is 0 Å². The van der Waals surface area contributed by atoms with E-state index in [4.69, 9.17) is 4.74 Å².